The Bertz CT molecular complexity index is 914. The molecule has 1 saturated heterocycles. The van der Waals surface area contributed by atoms with Crippen molar-refractivity contribution in [3.63, 3.8) is 0 Å². The largest absolute Gasteiger partial charge is 0.361 e. The summed E-state index contributed by atoms with van der Waals surface area (Å²) in [6, 6.07) is 4.31. The van der Waals surface area contributed by atoms with Gasteiger partial charge in [-0.3, -0.25) is 4.79 Å². The molecule has 1 N–H and O–H groups in total. The Morgan fingerprint density at radius 1 is 1.19 bits per heavy atom. The van der Waals surface area contributed by atoms with Crippen molar-refractivity contribution < 1.29 is 13.8 Å². The fourth-order valence-corrected chi connectivity index (χ4v) is 5.77. The van der Waals surface area contributed by atoms with E-state index in [2.05, 4.69) is 33.5 Å². The van der Waals surface area contributed by atoms with Gasteiger partial charge in [0.1, 0.15) is 11.5 Å². The van der Waals surface area contributed by atoms with Gasteiger partial charge in [-0.15, -0.1) is 0 Å². The quantitative estimate of drug-likeness (QED) is 0.696. The monoisotopic (exact) mass is 426 g/mol. The molecule has 3 heterocycles. The Kier molecular flexibility index (Phi) is 5.63. The van der Waals surface area contributed by atoms with Crippen LogP contribution in [0, 0.1) is 18.8 Å². The first-order valence-electron chi connectivity index (χ1n) is 11.9. The molecule has 168 valence electrons. The lowest BCUT2D eigenvalue weighted by atomic mass is 9.84. The van der Waals surface area contributed by atoms with Gasteiger partial charge >= 0.3 is 0 Å². The predicted octanol–water partition coefficient (Wildman–Crippen LogP) is 3.41. The zero-order valence-electron chi connectivity index (χ0n) is 18.7. The van der Waals surface area contributed by atoms with Crippen LogP contribution in [0.1, 0.15) is 68.4 Å². The lowest BCUT2D eigenvalue weighted by Gasteiger charge is -2.30. The molecule has 2 saturated carbocycles. The second kappa shape index (κ2) is 8.41. The van der Waals surface area contributed by atoms with Gasteiger partial charge in [-0.2, -0.15) is 0 Å². The fraction of sp³-hybridized carbons (Fsp3) is 0.708. The van der Waals surface area contributed by atoms with E-state index in [0.717, 1.165) is 49.1 Å². The molecule has 2 atom stereocenters. The molecule has 5 rings (SSSR count). The van der Waals surface area contributed by atoms with E-state index in [9.17, 15) is 4.79 Å². The van der Waals surface area contributed by atoms with Crippen LogP contribution in [0.4, 0.5) is 0 Å². The summed E-state index contributed by atoms with van der Waals surface area (Å²) in [5, 5.41) is 11.4. The molecule has 2 aliphatic carbocycles. The Morgan fingerprint density at radius 2 is 2.00 bits per heavy atom. The highest BCUT2D eigenvalue weighted by Gasteiger charge is 2.62. The third-order valence-electron chi connectivity index (χ3n) is 7.71. The van der Waals surface area contributed by atoms with Crippen LogP contribution in [-0.4, -0.2) is 46.8 Å². The molecular formula is C24H34N4O3. The summed E-state index contributed by atoms with van der Waals surface area (Å²) in [4.78, 5) is 14.9. The smallest absolute Gasteiger partial charge is 0.227 e. The molecule has 0 aromatic carbocycles. The molecule has 1 amide bonds. The number of hydrogen-bond donors (Lipinski definition) is 1. The Hall–Kier alpha value is -2.15. The number of nitrogens with zero attached hydrogens (tertiary/aromatic N) is 3. The van der Waals surface area contributed by atoms with Gasteiger partial charge in [-0.1, -0.05) is 17.2 Å². The molecular weight excluding hydrogens is 392 g/mol. The Labute approximate surface area is 183 Å². The summed E-state index contributed by atoms with van der Waals surface area (Å²) in [6.45, 7) is 7.52. The number of rotatable bonds is 8. The average Bonchev–Trinajstić information content (AvgIpc) is 3.17. The zero-order valence-corrected chi connectivity index (χ0v) is 18.7. The van der Waals surface area contributed by atoms with Crippen molar-refractivity contribution in [3.05, 3.63) is 35.0 Å². The minimum Gasteiger partial charge on any atom is -0.361 e. The number of carbonyl (C=O) groups is 1. The number of carbonyl (C=O) groups excluding carboxylic acids is 1. The van der Waals surface area contributed by atoms with Crippen molar-refractivity contribution in [1.82, 2.24) is 20.5 Å². The van der Waals surface area contributed by atoms with E-state index in [1.807, 2.05) is 13.0 Å². The van der Waals surface area contributed by atoms with Gasteiger partial charge in [0.05, 0.1) is 17.8 Å². The lowest BCUT2D eigenvalue weighted by Crippen LogP contribution is -2.39. The maximum absolute atomic E-state index is 12.3. The average molecular weight is 427 g/mol. The molecule has 7 nitrogen and oxygen atoms in total. The van der Waals surface area contributed by atoms with E-state index < -0.39 is 0 Å². The first-order valence-corrected chi connectivity index (χ1v) is 11.9. The molecule has 1 unspecified atom stereocenters. The molecule has 7 heteroatoms. The van der Waals surface area contributed by atoms with Gasteiger partial charge in [0, 0.05) is 43.1 Å². The first-order chi connectivity index (χ1) is 15.0. The summed E-state index contributed by atoms with van der Waals surface area (Å²) in [6.07, 6.45) is 8.31. The predicted molar refractivity (Wildman–Crippen MR) is 116 cm³/mol. The molecule has 0 radical (unpaired) electrons. The number of amides is 1. The number of aromatic nitrogens is 2. The fourth-order valence-electron chi connectivity index (χ4n) is 5.77. The van der Waals surface area contributed by atoms with Gasteiger partial charge in [0.25, 0.3) is 0 Å². The first kappa shape index (κ1) is 20.7. The molecule has 31 heavy (non-hydrogen) atoms. The minimum absolute atomic E-state index is 0.0419. The number of likely N-dealkylation sites (tertiary alicyclic amines) is 1. The number of aryl methyl sites for hydroxylation is 2. The standard InChI is InChI=1S/C24H34N4O3/c1-3-20-11-22(27-30-20)24-13-18(24)14-28(15-24)9-8-17-4-6-19(7-5-17)25-23(29)12-21-10-16(2)26-31-21/h10-11,17-19H,3-9,12-15H2,1-2H3,(H,25,29)/t17?,18?,19?,24-/m0/s1. The second-order valence-electron chi connectivity index (χ2n) is 10.0. The van der Waals surface area contributed by atoms with E-state index in [1.165, 1.54) is 44.5 Å². The third kappa shape index (κ3) is 4.43. The highest BCUT2D eigenvalue weighted by molar-refractivity contribution is 5.78. The van der Waals surface area contributed by atoms with Crippen LogP contribution >= 0.6 is 0 Å². The van der Waals surface area contributed by atoms with Crippen LogP contribution in [-0.2, 0) is 23.1 Å². The van der Waals surface area contributed by atoms with Crippen molar-refractivity contribution in [2.45, 2.75) is 76.7 Å². The van der Waals surface area contributed by atoms with Crippen LogP contribution in [0.5, 0.6) is 0 Å². The van der Waals surface area contributed by atoms with Crippen LogP contribution in [0.25, 0.3) is 0 Å². The third-order valence-corrected chi connectivity index (χ3v) is 7.71. The van der Waals surface area contributed by atoms with Crippen molar-refractivity contribution in [3.8, 4) is 0 Å². The molecule has 2 aromatic heterocycles. The van der Waals surface area contributed by atoms with Gasteiger partial charge in [-0.25, -0.2) is 0 Å². The Morgan fingerprint density at radius 3 is 2.71 bits per heavy atom. The normalized spacial score (nSPS) is 30.3. The molecule has 0 spiro atoms. The van der Waals surface area contributed by atoms with Gasteiger partial charge in [-0.05, 0) is 63.8 Å². The van der Waals surface area contributed by atoms with E-state index in [1.54, 1.807) is 0 Å². The summed E-state index contributed by atoms with van der Waals surface area (Å²) < 4.78 is 10.6. The van der Waals surface area contributed by atoms with Gasteiger partial charge in [0.15, 0.2) is 0 Å². The highest BCUT2D eigenvalue weighted by atomic mass is 16.5. The Balaban J connectivity index is 1.02. The summed E-state index contributed by atoms with van der Waals surface area (Å²) in [5.74, 6) is 3.23. The SMILES string of the molecule is CCc1cc([C@]23CC2CN(CCC2CCC(NC(=O)Cc4cc(C)no4)CC2)C3)no1. The van der Waals surface area contributed by atoms with Crippen molar-refractivity contribution >= 4 is 5.91 Å². The van der Waals surface area contributed by atoms with E-state index in [-0.39, 0.29) is 17.7 Å². The van der Waals surface area contributed by atoms with Crippen molar-refractivity contribution in [2.75, 3.05) is 19.6 Å². The van der Waals surface area contributed by atoms with Crippen LogP contribution in [0.2, 0.25) is 0 Å². The molecule has 1 aliphatic heterocycles. The van der Waals surface area contributed by atoms with Gasteiger partial charge in [0.2, 0.25) is 5.91 Å². The van der Waals surface area contributed by atoms with Crippen LogP contribution < -0.4 is 5.32 Å². The van der Waals surface area contributed by atoms with Crippen LogP contribution in [0.3, 0.4) is 0 Å². The van der Waals surface area contributed by atoms with Crippen molar-refractivity contribution in [2.24, 2.45) is 11.8 Å². The zero-order chi connectivity index (χ0) is 21.4. The molecule has 3 aliphatic rings. The second-order valence-corrected chi connectivity index (χ2v) is 10.0. The van der Waals surface area contributed by atoms with Gasteiger partial charge < -0.3 is 19.3 Å². The molecule has 2 aromatic rings. The summed E-state index contributed by atoms with van der Waals surface area (Å²) >= 11 is 0. The van der Waals surface area contributed by atoms with E-state index >= 15 is 0 Å². The number of piperidine rings is 1. The number of fused-ring (bicyclic) bond motifs is 1. The van der Waals surface area contributed by atoms with Crippen molar-refractivity contribution in [1.29, 1.82) is 0 Å². The highest BCUT2D eigenvalue weighted by Crippen LogP contribution is 2.58. The summed E-state index contributed by atoms with van der Waals surface area (Å²) in [5.41, 5.74) is 2.28. The summed E-state index contributed by atoms with van der Waals surface area (Å²) in [7, 11) is 0. The van der Waals surface area contributed by atoms with E-state index in [0.29, 0.717) is 11.8 Å². The maximum atomic E-state index is 12.3. The van der Waals surface area contributed by atoms with Crippen LogP contribution in [0.15, 0.2) is 21.2 Å². The minimum atomic E-state index is 0.0419. The molecule has 0 bridgehead atoms. The maximum Gasteiger partial charge on any atom is 0.227 e. The lowest BCUT2D eigenvalue weighted by molar-refractivity contribution is -0.121. The number of hydrogen-bond acceptors (Lipinski definition) is 6. The molecule has 3 fully saturated rings. The van der Waals surface area contributed by atoms with E-state index in [4.69, 9.17) is 9.05 Å². The number of nitrogens with one attached hydrogen (secondary N) is 1. The topological polar surface area (TPSA) is 84.4 Å².